The van der Waals surface area contributed by atoms with Gasteiger partial charge in [-0.15, -0.1) is 0 Å². The van der Waals surface area contributed by atoms with E-state index in [1.165, 1.54) is 6.26 Å². The highest BCUT2D eigenvalue weighted by atomic mass is 16.5. The van der Waals surface area contributed by atoms with Crippen LogP contribution in [0, 0.1) is 0 Å². The first-order valence-electron chi connectivity index (χ1n) is 4.41. The van der Waals surface area contributed by atoms with Crippen molar-refractivity contribution >= 4 is 17.2 Å². The van der Waals surface area contributed by atoms with Gasteiger partial charge in [0, 0.05) is 6.20 Å². The predicted octanol–water partition coefficient (Wildman–Crippen LogP) is 1.41. The van der Waals surface area contributed by atoms with Gasteiger partial charge >= 0.3 is 0 Å². The van der Waals surface area contributed by atoms with Crippen molar-refractivity contribution in [3.05, 3.63) is 30.3 Å². The van der Waals surface area contributed by atoms with Crippen LogP contribution in [0.1, 0.15) is 12.6 Å². The molecule has 0 aliphatic carbocycles. The van der Waals surface area contributed by atoms with Crippen molar-refractivity contribution < 1.29 is 9.53 Å². The molecule has 0 spiro atoms. The minimum absolute atomic E-state index is 0.160. The van der Waals surface area contributed by atoms with Gasteiger partial charge in [-0.3, -0.25) is 9.78 Å². The molecular weight excluding hydrogens is 180 g/mol. The second kappa shape index (κ2) is 3.49. The molecule has 1 aromatic heterocycles. The summed E-state index contributed by atoms with van der Waals surface area (Å²) < 4.78 is 5.08. The number of fused-ring (bicyclic) bond motifs is 1. The molecule has 1 aromatic rings. The van der Waals surface area contributed by atoms with Crippen molar-refractivity contribution in [1.82, 2.24) is 4.98 Å². The summed E-state index contributed by atoms with van der Waals surface area (Å²) in [5, 5.41) is 2.71. The number of hydrogen-bond acceptors (Lipinski definition) is 3. The standard InChI is InChI=1S/C10H10N2O2/c1-2-14-6-7-9-8(12-10(7)13)4-3-5-11-9/h3-6H,2H2,1H3,(H,12,13)/b7-6-. The maximum Gasteiger partial charge on any atom is 0.261 e. The lowest BCUT2D eigenvalue weighted by atomic mass is 10.2. The van der Waals surface area contributed by atoms with Crippen molar-refractivity contribution in [2.75, 3.05) is 11.9 Å². The van der Waals surface area contributed by atoms with Gasteiger partial charge in [0.05, 0.1) is 18.6 Å². The predicted molar refractivity (Wildman–Crippen MR) is 52.5 cm³/mol. The second-order valence-electron chi connectivity index (χ2n) is 2.84. The smallest absolute Gasteiger partial charge is 0.261 e. The summed E-state index contributed by atoms with van der Waals surface area (Å²) in [5.74, 6) is -0.160. The molecule has 0 saturated carbocycles. The van der Waals surface area contributed by atoms with Crippen molar-refractivity contribution in [2.45, 2.75) is 6.92 Å². The fourth-order valence-corrected chi connectivity index (χ4v) is 1.29. The topological polar surface area (TPSA) is 51.2 Å². The molecule has 2 rings (SSSR count). The molecule has 0 fully saturated rings. The van der Waals surface area contributed by atoms with Crippen LogP contribution in [-0.2, 0) is 9.53 Å². The lowest BCUT2D eigenvalue weighted by Crippen LogP contribution is -2.04. The Balaban J connectivity index is 2.39. The fraction of sp³-hybridized carbons (Fsp3) is 0.200. The number of carbonyl (C=O) groups is 1. The molecule has 0 saturated heterocycles. The number of ether oxygens (including phenoxy) is 1. The van der Waals surface area contributed by atoms with Crippen molar-refractivity contribution in [1.29, 1.82) is 0 Å². The summed E-state index contributed by atoms with van der Waals surface area (Å²) in [4.78, 5) is 15.6. The van der Waals surface area contributed by atoms with Crippen LogP contribution < -0.4 is 5.32 Å². The third-order valence-corrected chi connectivity index (χ3v) is 1.92. The van der Waals surface area contributed by atoms with Gasteiger partial charge in [-0.2, -0.15) is 0 Å². The van der Waals surface area contributed by atoms with Crippen LogP contribution in [-0.4, -0.2) is 17.5 Å². The first-order valence-corrected chi connectivity index (χ1v) is 4.41. The summed E-state index contributed by atoms with van der Waals surface area (Å²) in [6.45, 7) is 2.40. The summed E-state index contributed by atoms with van der Waals surface area (Å²) >= 11 is 0. The van der Waals surface area contributed by atoms with Crippen molar-refractivity contribution in [3.63, 3.8) is 0 Å². The van der Waals surface area contributed by atoms with E-state index in [1.807, 2.05) is 13.0 Å². The largest absolute Gasteiger partial charge is 0.501 e. The van der Waals surface area contributed by atoms with E-state index in [2.05, 4.69) is 10.3 Å². The third-order valence-electron chi connectivity index (χ3n) is 1.92. The van der Waals surface area contributed by atoms with Gasteiger partial charge in [0.2, 0.25) is 0 Å². The normalized spacial score (nSPS) is 16.6. The van der Waals surface area contributed by atoms with Gasteiger partial charge in [0.25, 0.3) is 5.91 Å². The van der Waals surface area contributed by atoms with E-state index in [-0.39, 0.29) is 5.91 Å². The summed E-state index contributed by atoms with van der Waals surface area (Å²) in [6, 6.07) is 3.59. The molecule has 0 atom stereocenters. The molecular formula is C10H10N2O2. The van der Waals surface area contributed by atoms with Crippen LogP contribution in [0.3, 0.4) is 0 Å². The maximum absolute atomic E-state index is 11.4. The zero-order valence-electron chi connectivity index (χ0n) is 7.78. The zero-order chi connectivity index (χ0) is 9.97. The van der Waals surface area contributed by atoms with E-state index >= 15 is 0 Å². The minimum Gasteiger partial charge on any atom is -0.501 e. The highest BCUT2D eigenvalue weighted by molar-refractivity contribution is 6.30. The van der Waals surface area contributed by atoms with Gasteiger partial charge < -0.3 is 10.1 Å². The molecule has 1 amide bonds. The molecule has 0 radical (unpaired) electrons. The van der Waals surface area contributed by atoms with Crippen LogP contribution in [0.2, 0.25) is 0 Å². The molecule has 0 aromatic carbocycles. The zero-order valence-corrected chi connectivity index (χ0v) is 7.78. The number of nitrogens with zero attached hydrogens (tertiary/aromatic N) is 1. The number of anilines is 1. The minimum atomic E-state index is -0.160. The lowest BCUT2D eigenvalue weighted by molar-refractivity contribution is -0.110. The Morgan fingerprint density at radius 1 is 1.64 bits per heavy atom. The Kier molecular flexibility index (Phi) is 2.18. The Labute approximate surface area is 81.6 Å². The van der Waals surface area contributed by atoms with Crippen LogP contribution in [0.5, 0.6) is 0 Å². The summed E-state index contributed by atoms with van der Waals surface area (Å²) in [7, 11) is 0. The van der Waals surface area contributed by atoms with Gasteiger partial charge in [-0.05, 0) is 19.1 Å². The van der Waals surface area contributed by atoms with Gasteiger partial charge in [0.15, 0.2) is 0 Å². The van der Waals surface area contributed by atoms with Crippen LogP contribution >= 0.6 is 0 Å². The van der Waals surface area contributed by atoms with Gasteiger partial charge in [0.1, 0.15) is 11.3 Å². The van der Waals surface area contributed by atoms with E-state index in [0.29, 0.717) is 17.9 Å². The number of aromatic nitrogens is 1. The quantitative estimate of drug-likeness (QED) is 0.566. The first-order chi connectivity index (χ1) is 6.83. The number of hydrogen-bond donors (Lipinski definition) is 1. The Hall–Kier alpha value is -1.84. The number of rotatable bonds is 2. The molecule has 14 heavy (non-hydrogen) atoms. The highest BCUT2D eigenvalue weighted by Gasteiger charge is 2.25. The Morgan fingerprint density at radius 2 is 2.50 bits per heavy atom. The molecule has 72 valence electrons. The van der Waals surface area contributed by atoms with Crippen molar-refractivity contribution in [2.24, 2.45) is 0 Å². The second-order valence-corrected chi connectivity index (χ2v) is 2.84. The van der Waals surface area contributed by atoms with E-state index in [4.69, 9.17) is 4.74 Å². The van der Waals surface area contributed by atoms with Crippen LogP contribution in [0.4, 0.5) is 5.69 Å². The number of pyridine rings is 1. The molecule has 0 bridgehead atoms. The molecule has 2 heterocycles. The SMILES string of the molecule is CCO/C=C1\C(=O)Nc2cccnc21. The fourth-order valence-electron chi connectivity index (χ4n) is 1.29. The van der Waals surface area contributed by atoms with E-state index in [9.17, 15) is 4.79 Å². The molecule has 4 heteroatoms. The average molecular weight is 190 g/mol. The van der Waals surface area contributed by atoms with E-state index in [0.717, 1.165) is 5.69 Å². The van der Waals surface area contributed by atoms with Crippen LogP contribution in [0.15, 0.2) is 24.6 Å². The lowest BCUT2D eigenvalue weighted by Gasteiger charge is -1.96. The van der Waals surface area contributed by atoms with E-state index < -0.39 is 0 Å². The Bertz CT molecular complexity index is 399. The Morgan fingerprint density at radius 3 is 3.29 bits per heavy atom. The van der Waals surface area contributed by atoms with Crippen molar-refractivity contribution in [3.8, 4) is 0 Å². The monoisotopic (exact) mass is 190 g/mol. The molecule has 0 unspecified atom stereocenters. The molecule has 1 aliphatic heterocycles. The number of amides is 1. The average Bonchev–Trinajstić information content (AvgIpc) is 2.51. The number of nitrogens with one attached hydrogen (secondary N) is 1. The van der Waals surface area contributed by atoms with Crippen LogP contribution in [0.25, 0.3) is 5.57 Å². The summed E-state index contributed by atoms with van der Waals surface area (Å²) in [5.41, 5.74) is 1.89. The molecule has 1 aliphatic rings. The number of carbonyl (C=O) groups excluding carboxylic acids is 1. The third kappa shape index (κ3) is 1.35. The van der Waals surface area contributed by atoms with Gasteiger partial charge in [-0.25, -0.2) is 0 Å². The molecule has 4 nitrogen and oxygen atoms in total. The maximum atomic E-state index is 11.4. The van der Waals surface area contributed by atoms with E-state index in [1.54, 1.807) is 12.3 Å². The first kappa shape index (κ1) is 8.74. The van der Waals surface area contributed by atoms with Gasteiger partial charge in [-0.1, -0.05) is 0 Å². The molecule has 1 N–H and O–H groups in total. The highest BCUT2D eigenvalue weighted by Crippen LogP contribution is 2.28. The summed E-state index contributed by atoms with van der Waals surface area (Å²) in [6.07, 6.45) is 3.10.